The molecule has 0 aromatic heterocycles. The largest absolute Gasteiger partial charge is 0.504 e. The number of ether oxygens (including phenoxy) is 1. The van der Waals surface area contributed by atoms with E-state index in [0.717, 1.165) is 23.9 Å². The lowest BCUT2D eigenvalue weighted by Crippen LogP contribution is -2.24. The highest BCUT2D eigenvalue weighted by Crippen LogP contribution is 2.31. The Hall–Kier alpha value is -3.14. The summed E-state index contributed by atoms with van der Waals surface area (Å²) >= 11 is 3.32. The van der Waals surface area contributed by atoms with Gasteiger partial charge in [-0.25, -0.2) is 5.43 Å². The molecule has 0 unspecified atom stereocenters. The fourth-order valence-corrected chi connectivity index (χ4v) is 2.52. The van der Waals surface area contributed by atoms with Crippen LogP contribution in [0.3, 0.4) is 0 Å². The Morgan fingerprint density at radius 3 is 2.69 bits per heavy atom. The third-order valence-electron chi connectivity index (χ3n) is 3.16. The first-order chi connectivity index (χ1) is 12.3. The normalized spacial score (nSPS) is 10.7. The van der Waals surface area contributed by atoms with Crippen LogP contribution in [-0.4, -0.2) is 33.9 Å². The van der Waals surface area contributed by atoms with Crippen LogP contribution in [0.25, 0.3) is 0 Å². The first-order valence-corrected chi connectivity index (χ1v) is 7.98. The number of rotatable bonds is 6. The van der Waals surface area contributed by atoms with Crippen molar-refractivity contribution in [3.63, 3.8) is 0 Å². The average Bonchev–Trinajstić information content (AvgIpc) is 2.56. The molecule has 26 heavy (non-hydrogen) atoms. The van der Waals surface area contributed by atoms with Crippen LogP contribution < -0.4 is 10.2 Å². The number of nitrogens with zero attached hydrogens (tertiary/aromatic N) is 2. The third kappa shape index (κ3) is 4.93. The SMILES string of the molecule is Cc1ccc(OCC(=O)N/N=C/c2cc(O)c(O)cc2[N+](=O)[O-])c(Br)c1. The van der Waals surface area contributed by atoms with Gasteiger partial charge < -0.3 is 14.9 Å². The van der Waals surface area contributed by atoms with Gasteiger partial charge in [-0.1, -0.05) is 6.07 Å². The molecular formula is C16H14BrN3O6. The fraction of sp³-hybridized carbons (Fsp3) is 0.125. The molecule has 2 aromatic rings. The minimum absolute atomic E-state index is 0.0900. The van der Waals surface area contributed by atoms with Crippen LogP contribution in [-0.2, 0) is 4.79 Å². The van der Waals surface area contributed by atoms with Gasteiger partial charge in [-0.3, -0.25) is 14.9 Å². The molecule has 0 saturated heterocycles. The summed E-state index contributed by atoms with van der Waals surface area (Å²) in [6, 6.07) is 7.12. The molecular weight excluding hydrogens is 410 g/mol. The van der Waals surface area contributed by atoms with E-state index in [9.17, 15) is 25.1 Å². The van der Waals surface area contributed by atoms with Crippen LogP contribution in [0.4, 0.5) is 5.69 Å². The first-order valence-electron chi connectivity index (χ1n) is 7.19. The lowest BCUT2D eigenvalue weighted by Gasteiger charge is -2.07. The van der Waals surface area contributed by atoms with Crippen molar-refractivity contribution < 1.29 is 24.7 Å². The molecule has 0 saturated carbocycles. The van der Waals surface area contributed by atoms with Crippen LogP contribution >= 0.6 is 15.9 Å². The van der Waals surface area contributed by atoms with Crippen molar-refractivity contribution in [2.45, 2.75) is 6.92 Å². The number of nitro groups is 1. The Kier molecular flexibility index (Phi) is 6.12. The van der Waals surface area contributed by atoms with Gasteiger partial charge in [0, 0.05) is 0 Å². The molecule has 0 spiro atoms. The number of hydrogen-bond acceptors (Lipinski definition) is 7. The van der Waals surface area contributed by atoms with Crippen molar-refractivity contribution in [2.75, 3.05) is 6.61 Å². The second kappa shape index (κ2) is 8.30. The zero-order valence-electron chi connectivity index (χ0n) is 13.5. The van der Waals surface area contributed by atoms with Gasteiger partial charge in [-0.15, -0.1) is 0 Å². The highest BCUT2D eigenvalue weighted by Gasteiger charge is 2.16. The number of halogens is 1. The predicted molar refractivity (Wildman–Crippen MR) is 96.5 cm³/mol. The number of hydrogen-bond donors (Lipinski definition) is 3. The minimum atomic E-state index is -0.750. The number of hydrazone groups is 1. The standard InChI is InChI=1S/C16H14BrN3O6/c1-9-2-3-15(11(17)4-9)26-8-16(23)19-18-7-10-5-13(21)14(22)6-12(10)20(24)25/h2-7,21-22H,8H2,1H3,(H,19,23)/b18-7+. The number of phenols is 2. The van der Waals surface area contributed by atoms with E-state index < -0.39 is 28.0 Å². The van der Waals surface area contributed by atoms with Crippen molar-refractivity contribution in [1.82, 2.24) is 5.43 Å². The summed E-state index contributed by atoms with van der Waals surface area (Å²) < 4.78 is 6.04. The smallest absolute Gasteiger partial charge is 0.282 e. The van der Waals surface area contributed by atoms with Crippen LogP contribution in [0, 0.1) is 17.0 Å². The van der Waals surface area contributed by atoms with E-state index in [1.54, 1.807) is 6.07 Å². The maximum Gasteiger partial charge on any atom is 0.282 e. The number of phenolic OH excluding ortho intramolecular Hbond substituents is 2. The average molecular weight is 424 g/mol. The fourth-order valence-electron chi connectivity index (χ4n) is 1.92. The number of nitro benzene ring substituents is 1. The Balaban J connectivity index is 1.99. The van der Waals surface area contributed by atoms with Gasteiger partial charge in [0.25, 0.3) is 11.6 Å². The minimum Gasteiger partial charge on any atom is -0.504 e. The van der Waals surface area contributed by atoms with Gasteiger partial charge >= 0.3 is 0 Å². The lowest BCUT2D eigenvalue weighted by molar-refractivity contribution is -0.385. The number of aromatic hydroxyl groups is 2. The summed E-state index contributed by atoms with van der Waals surface area (Å²) in [5.41, 5.74) is 2.62. The molecule has 9 nitrogen and oxygen atoms in total. The van der Waals surface area contributed by atoms with E-state index in [2.05, 4.69) is 26.5 Å². The summed E-state index contributed by atoms with van der Waals surface area (Å²) in [6.45, 7) is 1.60. The van der Waals surface area contributed by atoms with E-state index in [4.69, 9.17) is 4.74 Å². The predicted octanol–water partition coefficient (Wildman–Crippen LogP) is 2.61. The Labute approximate surface area is 156 Å². The Morgan fingerprint density at radius 2 is 2.04 bits per heavy atom. The highest BCUT2D eigenvalue weighted by atomic mass is 79.9. The van der Waals surface area contributed by atoms with Crippen molar-refractivity contribution in [3.05, 3.63) is 56.0 Å². The molecule has 2 rings (SSSR count). The summed E-state index contributed by atoms with van der Waals surface area (Å²) in [7, 11) is 0. The van der Waals surface area contributed by atoms with Crippen molar-refractivity contribution >= 4 is 33.7 Å². The topological polar surface area (TPSA) is 134 Å². The first kappa shape index (κ1) is 19.2. The number of carbonyl (C=O) groups excluding carboxylic acids is 1. The van der Waals surface area contributed by atoms with E-state index >= 15 is 0 Å². The quantitative estimate of drug-likeness (QED) is 0.283. The van der Waals surface area contributed by atoms with Gasteiger partial charge in [0.15, 0.2) is 18.1 Å². The molecule has 0 aliphatic carbocycles. The van der Waals surface area contributed by atoms with E-state index in [1.165, 1.54) is 0 Å². The van der Waals surface area contributed by atoms with Crippen LogP contribution in [0.15, 0.2) is 39.9 Å². The van der Waals surface area contributed by atoms with Crippen molar-refractivity contribution in [1.29, 1.82) is 0 Å². The molecule has 0 heterocycles. The van der Waals surface area contributed by atoms with Gasteiger partial charge in [0.2, 0.25) is 0 Å². The van der Waals surface area contributed by atoms with E-state index in [-0.39, 0.29) is 12.2 Å². The zero-order chi connectivity index (χ0) is 19.3. The molecule has 3 N–H and O–H groups in total. The molecule has 0 radical (unpaired) electrons. The number of amides is 1. The summed E-state index contributed by atoms with van der Waals surface area (Å²) in [6.07, 6.45) is 0.983. The second-order valence-electron chi connectivity index (χ2n) is 5.17. The summed E-state index contributed by atoms with van der Waals surface area (Å²) in [5.74, 6) is -1.28. The molecule has 2 aromatic carbocycles. The maximum absolute atomic E-state index is 11.7. The van der Waals surface area contributed by atoms with Crippen molar-refractivity contribution in [2.24, 2.45) is 5.10 Å². The van der Waals surface area contributed by atoms with Crippen molar-refractivity contribution in [3.8, 4) is 17.2 Å². The number of benzene rings is 2. The molecule has 0 aliphatic heterocycles. The maximum atomic E-state index is 11.7. The molecule has 0 fully saturated rings. The molecule has 0 atom stereocenters. The summed E-state index contributed by atoms with van der Waals surface area (Å²) in [4.78, 5) is 21.9. The zero-order valence-corrected chi connectivity index (χ0v) is 15.1. The van der Waals surface area contributed by atoms with Gasteiger partial charge in [0.1, 0.15) is 5.75 Å². The van der Waals surface area contributed by atoms with Gasteiger partial charge in [0.05, 0.1) is 27.2 Å². The van der Waals surface area contributed by atoms with Gasteiger partial charge in [-0.05, 0) is 46.6 Å². The second-order valence-corrected chi connectivity index (χ2v) is 6.03. The van der Waals surface area contributed by atoms with Gasteiger partial charge in [-0.2, -0.15) is 5.10 Å². The molecule has 136 valence electrons. The molecule has 1 amide bonds. The number of carbonyl (C=O) groups is 1. The number of nitrogens with one attached hydrogen (secondary N) is 1. The highest BCUT2D eigenvalue weighted by molar-refractivity contribution is 9.10. The van der Waals surface area contributed by atoms with E-state index in [1.807, 2.05) is 19.1 Å². The Morgan fingerprint density at radius 1 is 1.35 bits per heavy atom. The lowest BCUT2D eigenvalue weighted by atomic mass is 10.1. The molecule has 10 heteroatoms. The third-order valence-corrected chi connectivity index (χ3v) is 3.78. The molecule has 0 aliphatic rings. The Bertz CT molecular complexity index is 885. The molecule has 0 bridgehead atoms. The summed E-state index contributed by atoms with van der Waals surface area (Å²) in [5, 5.41) is 33.3. The van der Waals surface area contributed by atoms with E-state index in [0.29, 0.717) is 10.2 Å². The van der Waals surface area contributed by atoms with Crippen LogP contribution in [0.5, 0.6) is 17.2 Å². The van der Waals surface area contributed by atoms with Crippen LogP contribution in [0.2, 0.25) is 0 Å². The van der Waals surface area contributed by atoms with Crippen LogP contribution in [0.1, 0.15) is 11.1 Å². The number of aryl methyl sites for hydroxylation is 1. The monoisotopic (exact) mass is 423 g/mol.